The molecule has 4 rings (SSSR count). The summed E-state index contributed by atoms with van der Waals surface area (Å²) in [6.45, 7) is 3.36. The van der Waals surface area contributed by atoms with Crippen LogP contribution in [0.3, 0.4) is 0 Å². The molecule has 0 spiro atoms. The highest BCUT2D eigenvalue weighted by atomic mass is 16.5. The molecule has 7 heteroatoms. The van der Waals surface area contributed by atoms with Crippen molar-refractivity contribution in [1.29, 1.82) is 0 Å². The van der Waals surface area contributed by atoms with E-state index in [2.05, 4.69) is 12.2 Å². The highest BCUT2D eigenvalue weighted by molar-refractivity contribution is 5.42. The van der Waals surface area contributed by atoms with Gasteiger partial charge in [0.25, 0.3) is 0 Å². The standard InChI is InChI=1S/C29H38N2O5/c1-34-19-20-36-22-21-35-18-17-31-28(33)30(23-24-11-5-2-6-12-24)27(32)29(31,25-13-7-3-8-14-25)26-15-9-4-10-16-26/h2-11,13-16,24,27-28,32-33H,12,17-23H2,1H3. The Kier molecular flexibility index (Phi) is 9.83. The number of hydrogen-bond acceptors (Lipinski definition) is 7. The Morgan fingerprint density at radius 2 is 1.44 bits per heavy atom. The minimum Gasteiger partial charge on any atom is -0.382 e. The lowest BCUT2D eigenvalue weighted by molar-refractivity contribution is -0.101. The van der Waals surface area contributed by atoms with Gasteiger partial charge in [0.2, 0.25) is 0 Å². The molecule has 3 unspecified atom stereocenters. The van der Waals surface area contributed by atoms with Crippen molar-refractivity contribution >= 4 is 0 Å². The number of allylic oxidation sites excluding steroid dienone is 3. The van der Waals surface area contributed by atoms with Gasteiger partial charge in [-0.1, -0.05) is 85.0 Å². The molecule has 0 aromatic heterocycles. The van der Waals surface area contributed by atoms with E-state index in [9.17, 15) is 10.2 Å². The lowest BCUT2D eigenvalue weighted by atomic mass is 9.80. The highest BCUT2D eigenvalue weighted by Gasteiger charge is 2.58. The molecule has 1 fully saturated rings. The summed E-state index contributed by atoms with van der Waals surface area (Å²) in [4.78, 5) is 3.78. The van der Waals surface area contributed by atoms with Gasteiger partial charge in [-0.25, -0.2) is 9.80 Å². The first-order valence-corrected chi connectivity index (χ1v) is 12.7. The zero-order valence-electron chi connectivity index (χ0n) is 21.0. The molecule has 2 aliphatic rings. The van der Waals surface area contributed by atoms with Gasteiger partial charge in [-0.05, 0) is 23.5 Å². The van der Waals surface area contributed by atoms with E-state index in [1.807, 2.05) is 82.6 Å². The predicted molar refractivity (Wildman–Crippen MR) is 139 cm³/mol. The Hall–Kier alpha value is -2.36. The van der Waals surface area contributed by atoms with Crippen LogP contribution in [0.1, 0.15) is 17.5 Å². The molecule has 0 radical (unpaired) electrons. The zero-order chi connectivity index (χ0) is 25.2. The number of benzene rings is 2. The second kappa shape index (κ2) is 13.3. The van der Waals surface area contributed by atoms with Crippen LogP contribution in [-0.2, 0) is 19.7 Å². The second-order valence-electron chi connectivity index (χ2n) is 9.14. The second-order valence-corrected chi connectivity index (χ2v) is 9.14. The molecule has 7 nitrogen and oxygen atoms in total. The van der Waals surface area contributed by atoms with Gasteiger partial charge in [0.05, 0.1) is 33.0 Å². The van der Waals surface area contributed by atoms with E-state index in [0.717, 1.165) is 17.5 Å². The summed E-state index contributed by atoms with van der Waals surface area (Å²) in [5.74, 6) is 0.212. The van der Waals surface area contributed by atoms with Crippen LogP contribution in [0.2, 0.25) is 0 Å². The molecule has 1 saturated heterocycles. The van der Waals surface area contributed by atoms with E-state index in [0.29, 0.717) is 46.1 Å². The van der Waals surface area contributed by atoms with Crippen molar-refractivity contribution in [3.8, 4) is 0 Å². The summed E-state index contributed by atoms with van der Waals surface area (Å²) in [5.41, 5.74) is 0.883. The number of rotatable bonds is 13. The Morgan fingerprint density at radius 3 is 2.03 bits per heavy atom. The van der Waals surface area contributed by atoms with Crippen molar-refractivity contribution in [3.05, 3.63) is 96.1 Å². The molecule has 194 valence electrons. The van der Waals surface area contributed by atoms with Gasteiger partial charge in [0.15, 0.2) is 6.35 Å². The fourth-order valence-corrected chi connectivity index (χ4v) is 5.21. The third kappa shape index (κ3) is 5.79. The first-order chi connectivity index (χ1) is 17.7. The SMILES string of the molecule is COCCOCCOCCN1C(O)N(CC2C=CC=CC2)C(O)C1(c1ccccc1)c1ccccc1. The van der Waals surface area contributed by atoms with Gasteiger partial charge in [-0.15, -0.1) is 0 Å². The summed E-state index contributed by atoms with van der Waals surface area (Å²) in [6.07, 6.45) is 7.26. The molecule has 2 aromatic rings. The number of methoxy groups -OCH3 is 1. The largest absolute Gasteiger partial charge is 0.382 e. The summed E-state index contributed by atoms with van der Waals surface area (Å²) in [5, 5.41) is 23.7. The maximum absolute atomic E-state index is 12.0. The van der Waals surface area contributed by atoms with Crippen LogP contribution < -0.4 is 0 Å². The van der Waals surface area contributed by atoms with Crippen LogP contribution in [0.4, 0.5) is 0 Å². The predicted octanol–water partition coefficient (Wildman–Crippen LogP) is 2.95. The summed E-state index contributed by atoms with van der Waals surface area (Å²) in [6, 6.07) is 19.9. The molecule has 1 aliphatic carbocycles. The van der Waals surface area contributed by atoms with E-state index in [1.54, 1.807) is 7.11 Å². The van der Waals surface area contributed by atoms with E-state index in [-0.39, 0.29) is 5.92 Å². The fourth-order valence-electron chi connectivity index (χ4n) is 5.21. The summed E-state index contributed by atoms with van der Waals surface area (Å²) < 4.78 is 16.4. The van der Waals surface area contributed by atoms with Gasteiger partial charge in [0, 0.05) is 20.2 Å². The lowest BCUT2D eigenvalue weighted by Gasteiger charge is -2.41. The number of nitrogens with zero attached hydrogens (tertiary/aromatic N) is 2. The molecule has 0 bridgehead atoms. The van der Waals surface area contributed by atoms with Crippen molar-refractivity contribution < 1.29 is 24.4 Å². The van der Waals surface area contributed by atoms with Crippen molar-refractivity contribution in [1.82, 2.24) is 9.80 Å². The first-order valence-electron chi connectivity index (χ1n) is 12.7. The lowest BCUT2D eigenvalue weighted by Crippen LogP contribution is -2.51. The van der Waals surface area contributed by atoms with E-state index in [1.165, 1.54) is 0 Å². The molecule has 2 aromatic carbocycles. The molecule has 0 amide bonds. The highest BCUT2D eigenvalue weighted by Crippen LogP contribution is 2.47. The Labute approximate surface area is 214 Å². The zero-order valence-corrected chi connectivity index (χ0v) is 21.0. The van der Waals surface area contributed by atoms with Crippen molar-refractivity contribution in [2.24, 2.45) is 5.92 Å². The van der Waals surface area contributed by atoms with Gasteiger partial charge < -0.3 is 24.4 Å². The van der Waals surface area contributed by atoms with E-state index < -0.39 is 18.1 Å². The van der Waals surface area contributed by atoms with Crippen LogP contribution in [0.15, 0.2) is 85.0 Å². The average Bonchev–Trinajstić information content (AvgIpc) is 3.13. The normalized spacial score (nSPS) is 23.9. The van der Waals surface area contributed by atoms with Gasteiger partial charge in [-0.3, -0.25) is 0 Å². The number of ether oxygens (including phenoxy) is 3. The molecule has 1 aliphatic heterocycles. The third-order valence-corrected chi connectivity index (χ3v) is 6.94. The van der Waals surface area contributed by atoms with Crippen molar-refractivity contribution in [2.75, 3.05) is 53.2 Å². The maximum atomic E-state index is 12.0. The van der Waals surface area contributed by atoms with Crippen molar-refractivity contribution in [2.45, 2.75) is 24.5 Å². The van der Waals surface area contributed by atoms with Gasteiger partial charge in [-0.2, -0.15) is 0 Å². The van der Waals surface area contributed by atoms with Crippen LogP contribution in [0.5, 0.6) is 0 Å². The van der Waals surface area contributed by atoms with Crippen molar-refractivity contribution in [3.63, 3.8) is 0 Å². The Bertz CT molecular complexity index is 929. The number of aliphatic hydroxyl groups is 2. The quantitative estimate of drug-likeness (QED) is 0.415. The first kappa shape index (κ1) is 26.7. The van der Waals surface area contributed by atoms with E-state index >= 15 is 0 Å². The van der Waals surface area contributed by atoms with E-state index in [4.69, 9.17) is 14.2 Å². The summed E-state index contributed by atoms with van der Waals surface area (Å²) >= 11 is 0. The molecule has 2 N–H and O–H groups in total. The topological polar surface area (TPSA) is 74.6 Å². The smallest absolute Gasteiger partial charge is 0.168 e. The minimum absolute atomic E-state index is 0.212. The minimum atomic E-state index is -0.985. The van der Waals surface area contributed by atoms with Gasteiger partial charge in [0.1, 0.15) is 11.8 Å². The number of hydrogen-bond donors (Lipinski definition) is 2. The summed E-state index contributed by atoms with van der Waals surface area (Å²) in [7, 11) is 1.64. The van der Waals surface area contributed by atoms with Crippen LogP contribution in [0.25, 0.3) is 0 Å². The molecule has 1 heterocycles. The molecule has 36 heavy (non-hydrogen) atoms. The molecule has 0 saturated carbocycles. The monoisotopic (exact) mass is 494 g/mol. The van der Waals surface area contributed by atoms with Gasteiger partial charge >= 0.3 is 0 Å². The Balaban J connectivity index is 1.60. The molecule has 3 atom stereocenters. The molecular formula is C29H38N2O5. The number of aliphatic hydroxyl groups excluding tert-OH is 2. The fraction of sp³-hybridized carbons (Fsp3) is 0.448. The maximum Gasteiger partial charge on any atom is 0.168 e. The van der Waals surface area contributed by atoms with Crippen LogP contribution in [-0.4, -0.2) is 85.8 Å². The third-order valence-electron chi connectivity index (χ3n) is 6.94. The average molecular weight is 495 g/mol. The van der Waals surface area contributed by atoms with Crippen LogP contribution in [0, 0.1) is 5.92 Å². The van der Waals surface area contributed by atoms with Crippen LogP contribution >= 0.6 is 0 Å². The molecular weight excluding hydrogens is 456 g/mol. The Morgan fingerprint density at radius 1 is 0.833 bits per heavy atom.